The molecule has 0 radical (unpaired) electrons. The first-order chi connectivity index (χ1) is 13.0. The number of amides is 1. The molecule has 9 heteroatoms. The molecule has 4 rings (SSSR count). The Kier molecular flexibility index (Phi) is 4.67. The van der Waals surface area contributed by atoms with Crippen molar-refractivity contribution in [3.8, 4) is 0 Å². The minimum absolute atomic E-state index is 0.130. The molecule has 1 aliphatic heterocycles. The summed E-state index contributed by atoms with van der Waals surface area (Å²) in [6.07, 6.45) is 0. The standard InChI is InChI=1S/C18H15ClN4O3S/c19-12-5-6-14-16(11-12)27-18(20-14)22-9-7-21(8-10-22)17(24)13-3-1-2-4-15(13)23(25)26/h1-6,11H,7-10H2. The lowest BCUT2D eigenvalue weighted by Gasteiger charge is -2.34. The van der Waals surface area contributed by atoms with E-state index in [-0.39, 0.29) is 17.2 Å². The number of halogens is 1. The molecule has 1 saturated heterocycles. The Morgan fingerprint density at radius 3 is 2.63 bits per heavy atom. The molecule has 1 fully saturated rings. The summed E-state index contributed by atoms with van der Waals surface area (Å²) in [4.78, 5) is 31.8. The molecule has 2 heterocycles. The molecule has 1 aromatic heterocycles. The summed E-state index contributed by atoms with van der Waals surface area (Å²) in [7, 11) is 0. The first-order valence-electron chi connectivity index (χ1n) is 8.36. The van der Waals surface area contributed by atoms with Crippen molar-refractivity contribution in [2.75, 3.05) is 31.1 Å². The molecule has 0 aliphatic carbocycles. The Balaban J connectivity index is 1.48. The van der Waals surface area contributed by atoms with Gasteiger partial charge in [-0.2, -0.15) is 0 Å². The van der Waals surface area contributed by atoms with Gasteiger partial charge in [-0.25, -0.2) is 4.98 Å². The number of hydrogen-bond acceptors (Lipinski definition) is 6. The first-order valence-corrected chi connectivity index (χ1v) is 9.56. The van der Waals surface area contributed by atoms with Gasteiger partial charge in [-0.15, -0.1) is 0 Å². The maximum absolute atomic E-state index is 12.7. The molecule has 0 N–H and O–H groups in total. The van der Waals surface area contributed by atoms with Crippen molar-refractivity contribution in [3.63, 3.8) is 0 Å². The number of carbonyl (C=O) groups excluding carboxylic acids is 1. The van der Waals surface area contributed by atoms with Crippen LogP contribution in [0.3, 0.4) is 0 Å². The second-order valence-electron chi connectivity index (χ2n) is 6.16. The van der Waals surface area contributed by atoms with Crippen LogP contribution in [-0.4, -0.2) is 46.9 Å². The molecule has 0 saturated carbocycles. The second-order valence-corrected chi connectivity index (χ2v) is 7.61. The highest BCUT2D eigenvalue weighted by Crippen LogP contribution is 2.31. The Labute approximate surface area is 163 Å². The smallest absolute Gasteiger partial charge is 0.282 e. The number of nitro groups is 1. The third-order valence-electron chi connectivity index (χ3n) is 4.51. The van der Waals surface area contributed by atoms with Crippen LogP contribution in [0.2, 0.25) is 5.02 Å². The number of hydrogen-bond donors (Lipinski definition) is 0. The van der Waals surface area contributed by atoms with Crippen molar-refractivity contribution in [2.24, 2.45) is 0 Å². The van der Waals surface area contributed by atoms with Crippen LogP contribution in [0.4, 0.5) is 10.8 Å². The van der Waals surface area contributed by atoms with Crippen LogP contribution >= 0.6 is 22.9 Å². The molecule has 2 aromatic carbocycles. The van der Waals surface area contributed by atoms with E-state index in [1.807, 2.05) is 18.2 Å². The van der Waals surface area contributed by atoms with Crippen molar-refractivity contribution in [2.45, 2.75) is 0 Å². The van der Waals surface area contributed by atoms with Gasteiger partial charge in [0.05, 0.1) is 15.1 Å². The topological polar surface area (TPSA) is 79.6 Å². The highest BCUT2D eigenvalue weighted by molar-refractivity contribution is 7.22. The monoisotopic (exact) mass is 402 g/mol. The van der Waals surface area contributed by atoms with Gasteiger partial charge in [0.1, 0.15) is 5.56 Å². The summed E-state index contributed by atoms with van der Waals surface area (Å²) in [5, 5.41) is 12.7. The van der Waals surface area contributed by atoms with Gasteiger partial charge in [-0.3, -0.25) is 14.9 Å². The van der Waals surface area contributed by atoms with Gasteiger partial charge >= 0.3 is 0 Å². The van der Waals surface area contributed by atoms with Gasteiger partial charge in [0, 0.05) is 37.3 Å². The molecule has 7 nitrogen and oxygen atoms in total. The van der Waals surface area contributed by atoms with Crippen LogP contribution in [0.1, 0.15) is 10.4 Å². The van der Waals surface area contributed by atoms with Crippen molar-refractivity contribution in [1.29, 1.82) is 0 Å². The van der Waals surface area contributed by atoms with Gasteiger partial charge < -0.3 is 9.80 Å². The minimum atomic E-state index is -0.518. The fraction of sp³-hybridized carbons (Fsp3) is 0.222. The quantitative estimate of drug-likeness (QED) is 0.491. The number of nitrogens with zero attached hydrogens (tertiary/aromatic N) is 4. The molecule has 3 aromatic rings. The molecular weight excluding hydrogens is 388 g/mol. The van der Waals surface area contributed by atoms with E-state index in [0.717, 1.165) is 15.3 Å². The first kappa shape index (κ1) is 17.7. The molecular formula is C18H15ClN4O3S. The van der Waals surface area contributed by atoms with Gasteiger partial charge in [0.15, 0.2) is 5.13 Å². The fourth-order valence-corrected chi connectivity index (χ4v) is 4.40. The van der Waals surface area contributed by atoms with Crippen LogP contribution in [0.5, 0.6) is 0 Å². The predicted octanol–water partition coefficient (Wildman–Crippen LogP) is 3.82. The number of carbonyl (C=O) groups is 1. The summed E-state index contributed by atoms with van der Waals surface area (Å²) < 4.78 is 1.02. The largest absolute Gasteiger partial charge is 0.345 e. The van der Waals surface area contributed by atoms with Crippen LogP contribution in [0.15, 0.2) is 42.5 Å². The van der Waals surface area contributed by atoms with E-state index in [1.165, 1.54) is 12.1 Å². The average molecular weight is 403 g/mol. The maximum atomic E-state index is 12.7. The number of fused-ring (bicyclic) bond motifs is 1. The lowest BCUT2D eigenvalue weighted by molar-refractivity contribution is -0.385. The van der Waals surface area contributed by atoms with Crippen molar-refractivity contribution >= 4 is 49.9 Å². The number of aromatic nitrogens is 1. The predicted molar refractivity (Wildman–Crippen MR) is 106 cm³/mol. The number of anilines is 1. The second kappa shape index (κ2) is 7.13. The van der Waals surface area contributed by atoms with Crippen molar-refractivity contribution in [3.05, 3.63) is 63.2 Å². The number of nitro benzene ring substituents is 1. The molecule has 0 spiro atoms. The Bertz CT molecular complexity index is 1030. The summed E-state index contributed by atoms with van der Waals surface area (Å²) in [6, 6.07) is 11.7. The summed E-state index contributed by atoms with van der Waals surface area (Å²) in [5.74, 6) is -0.307. The number of thiazole rings is 1. The molecule has 27 heavy (non-hydrogen) atoms. The van der Waals surface area contributed by atoms with Crippen LogP contribution in [0, 0.1) is 10.1 Å². The van der Waals surface area contributed by atoms with Gasteiger partial charge in [0.2, 0.25) is 0 Å². The van der Waals surface area contributed by atoms with E-state index in [2.05, 4.69) is 9.88 Å². The Morgan fingerprint density at radius 1 is 1.15 bits per heavy atom. The van der Waals surface area contributed by atoms with E-state index >= 15 is 0 Å². The van der Waals surface area contributed by atoms with E-state index in [0.29, 0.717) is 31.2 Å². The molecule has 1 aliphatic rings. The van der Waals surface area contributed by atoms with Crippen molar-refractivity contribution in [1.82, 2.24) is 9.88 Å². The van der Waals surface area contributed by atoms with E-state index in [1.54, 1.807) is 28.4 Å². The molecule has 0 atom stereocenters. The fourth-order valence-electron chi connectivity index (χ4n) is 3.11. The minimum Gasteiger partial charge on any atom is -0.345 e. The van der Waals surface area contributed by atoms with Crippen LogP contribution < -0.4 is 4.90 Å². The zero-order valence-electron chi connectivity index (χ0n) is 14.2. The van der Waals surface area contributed by atoms with E-state index in [4.69, 9.17) is 11.6 Å². The summed E-state index contributed by atoms with van der Waals surface area (Å²) in [6.45, 7) is 2.23. The number of piperazine rings is 1. The molecule has 138 valence electrons. The van der Waals surface area contributed by atoms with Crippen LogP contribution in [0.25, 0.3) is 10.2 Å². The normalized spacial score (nSPS) is 14.6. The number of rotatable bonds is 3. The zero-order chi connectivity index (χ0) is 19.0. The maximum Gasteiger partial charge on any atom is 0.282 e. The van der Waals surface area contributed by atoms with Gasteiger partial charge in [-0.05, 0) is 24.3 Å². The Hall–Kier alpha value is -2.71. The molecule has 0 unspecified atom stereocenters. The van der Waals surface area contributed by atoms with Crippen LogP contribution in [-0.2, 0) is 0 Å². The third kappa shape index (κ3) is 3.45. The average Bonchev–Trinajstić information content (AvgIpc) is 3.10. The Morgan fingerprint density at radius 2 is 1.89 bits per heavy atom. The number of para-hydroxylation sites is 1. The molecule has 1 amide bonds. The van der Waals surface area contributed by atoms with E-state index in [9.17, 15) is 14.9 Å². The van der Waals surface area contributed by atoms with Gasteiger partial charge in [0.25, 0.3) is 11.6 Å². The highest BCUT2D eigenvalue weighted by atomic mass is 35.5. The van der Waals surface area contributed by atoms with Crippen molar-refractivity contribution < 1.29 is 9.72 Å². The molecule has 0 bridgehead atoms. The zero-order valence-corrected chi connectivity index (χ0v) is 15.7. The lowest BCUT2D eigenvalue weighted by Crippen LogP contribution is -2.48. The summed E-state index contributed by atoms with van der Waals surface area (Å²) >= 11 is 7.60. The SMILES string of the molecule is O=C(c1ccccc1[N+](=O)[O-])N1CCN(c2nc3ccc(Cl)cc3s2)CC1. The third-order valence-corrected chi connectivity index (χ3v) is 5.82. The lowest BCUT2D eigenvalue weighted by atomic mass is 10.1. The van der Waals surface area contributed by atoms with E-state index < -0.39 is 4.92 Å². The highest BCUT2D eigenvalue weighted by Gasteiger charge is 2.28. The number of benzene rings is 2. The summed E-state index contributed by atoms with van der Waals surface area (Å²) in [5.41, 5.74) is 0.872. The van der Waals surface area contributed by atoms with Gasteiger partial charge in [-0.1, -0.05) is 35.1 Å².